The second-order valence-corrected chi connectivity index (χ2v) is 5.81. The van der Waals surface area contributed by atoms with Crippen LogP contribution in [0.1, 0.15) is 30.1 Å². The molecule has 2 aromatic rings. The van der Waals surface area contributed by atoms with Gasteiger partial charge in [-0.05, 0) is 47.8 Å². The van der Waals surface area contributed by atoms with Gasteiger partial charge in [-0.15, -0.1) is 0 Å². The van der Waals surface area contributed by atoms with Gasteiger partial charge in [0, 0.05) is 12.0 Å². The zero-order chi connectivity index (χ0) is 15.0. The number of ether oxygens (including phenoxy) is 1. The Morgan fingerprint density at radius 3 is 2.76 bits per heavy atom. The minimum absolute atomic E-state index is 0.363. The van der Waals surface area contributed by atoms with E-state index in [0.717, 1.165) is 12.8 Å². The van der Waals surface area contributed by atoms with Crippen molar-refractivity contribution < 1.29 is 9.13 Å². The topological polar surface area (TPSA) is 73.1 Å². The monoisotopic (exact) mass is 352 g/mol. The molecule has 1 heterocycles. The van der Waals surface area contributed by atoms with Crippen molar-refractivity contribution in [2.75, 3.05) is 5.43 Å². The van der Waals surface area contributed by atoms with Gasteiger partial charge in [-0.25, -0.2) is 15.2 Å². The molecule has 1 aromatic heterocycles. The van der Waals surface area contributed by atoms with Crippen LogP contribution in [-0.4, -0.2) is 9.97 Å². The molecule has 0 spiro atoms. The van der Waals surface area contributed by atoms with Crippen molar-refractivity contribution in [3.63, 3.8) is 0 Å². The van der Waals surface area contributed by atoms with E-state index in [-0.39, 0.29) is 0 Å². The molecule has 110 valence electrons. The molecule has 0 amide bonds. The first-order valence-corrected chi connectivity index (χ1v) is 7.36. The molecule has 1 fully saturated rings. The van der Waals surface area contributed by atoms with E-state index < -0.39 is 5.82 Å². The highest BCUT2D eigenvalue weighted by Crippen LogP contribution is 2.40. The standard InChI is InChI=1S/C14H14BrFN4O/c1-7-12(20-17)18-13(8-2-3-8)19-14(7)21-9-4-5-10(15)11(16)6-9/h4-6,8H,2-3,17H2,1H3,(H,18,19,20). The van der Waals surface area contributed by atoms with E-state index in [0.29, 0.717) is 39.2 Å². The Kier molecular flexibility index (Phi) is 3.77. The average Bonchev–Trinajstić information content (AvgIpc) is 3.29. The largest absolute Gasteiger partial charge is 0.438 e. The number of aromatic nitrogens is 2. The van der Waals surface area contributed by atoms with E-state index in [4.69, 9.17) is 10.6 Å². The Morgan fingerprint density at radius 1 is 1.38 bits per heavy atom. The molecule has 5 nitrogen and oxygen atoms in total. The average molecular weight is 353 g/mol. The third-order valence-corrected chi connectivity index (χ3v) is 3.95. The minimum Gasteiger partial charge on any atom is -0.438 e. The second-order valence-electron chi connectivity index (χ2n) is 4.96. The summed E-state index contributed by atoms with van der Waals surface area (Å²) in [5.74, 6) is 7.46. The second kappa shape index (κ2) is 5.57. The molecule has 0 radical (unpaired) electrons. The summed E-state index contributed by atoms with van der Waals surface area (Å²) < 4.78 is 19.6. The molecule has 0 atom stereocenters. The Morgan fingerprint density at radius 2 is 2.14 bits per heavy atom. The van der Waals surface area contributed by atoms with Crippen LogP contribution < -0.4 is 16.0 Å². The number of hydrogen-bond acceptors (Lipinski definition) is 5. The molecular weight excluding hydrogens is 339 g/mol. The predicted octanol–water partition coefficient (Wildman–Crippen LogP) is 3.64. The van der Waals surface area contributed by atoms with Gasteiger partial charge in [-0.2, -0.15) is 4.98 Å². The fourth-order valence-corrected chi connectivity index (χ4v) is 2.18. The molecule has 3 rings (SSSR count). The van der Waals surface area contributed by atoms with Gasteiger partial charge in [0.25, 0.3) is 0 Å². The van der Waals surface area contributed by atoms with Crippen molar-refractivity contribution in [1.82, 2.24) is 9.97 Å². The van der Waals surface area contributed by atoms with Gasteiger partial charge in [0.05, 0.1) is 10.0 Å². The zero-order valence-electron chi connectivity index (χ0n) is 11.4. The maximum Gasteiger partial charge on any atom is 0.227 e. The summed E-state index contributed by atoms with van der Waals surface area (Å²) in [5, 5.41) is 0. The number of rotatable bonds is 4. The number of anilines is 1. The van der Waals surface area contributed by atoms with Gasteiger partial charge in [-0.1, -0.05) is 0 Å². The molecular formula is C14H14BrFN4O. The van der Waals surface area contributed by atoms with Gasteiger partial charge in [0.2, 0.25) is 5.88 Å². The molecule has 0 unspecified atom stereocenters. The van der Waals surface area contributed by atoms with Crippen molar-refractivity contribution in [1.29, 1.82) is 0 Å². The summed E-state index contributed by atoms with van der Waals surface area (Å²) in [7, 11) is 0. The smallest absolute Gasteiger partial charge is 0.227 e. The number of nitrogens with one attached hydrogen (secondary N) is 1. The van der Waals surface area contributed by atoms with E-state index in [1.165, 1.54) is 6.07 Å². The highest BCUT2D eigenvalue weighted by molar-refractivity contribution is 9.10. The van der Waals surface area contributed by atoms with Crippen LogP contribution in [0, 0.1) is 12.7 Å². The maximum atomic E-state index is 13.6. The SMILES string of the molecule is Cc1c(NN)nc(C2CC2)nc1Oc1ccc(Br)c(F)c1. The zero-order valence-corrected chi connectivity index (χ0v) is 12.9. The Bertz CT molecular complexity index is 691. The highest BCUT2D eigenvalue weighted by Gasteiger charge is 2.28. The van der Waals surface area contributed by atoms with E-state index >= 15 is 0 Å². The molecule has 1 aliphatic rings. The number of nitrogen functional groups attached to an aromatic ring is 1. The Balaban J connectivity index is 1.96. The minimum atomic E-state index is -0.390. The van der Waals surface area contributed by atoms with Crippen molar-refractivity contribution in [3.05, 3.63) is 39.9 Å². The third kappa shape index (κ3) is 2.98. The summed E-state index contributed by atoms with van der Waals surface area (Å²) in [6.07, 6.45) is 2.14. The number of benzene rings is 1. The van der Waals surface area contributed by atoms with Crippen molar-refractivity contribution in [3.8, 4) is 11.6 Å². The lowest BCUT2D eigenvalue weighted by Gasteiger charge is -2.12. The molecule has 0 bridgehead atoms. The van der Waals surface area contributed by atoms with E-state index in [9.17, 15) is 4.39 Å². The van der Waals surface area contributed by atoms with E-state index in [1.807, 2.05) is 0 Å². The Labute approximate surface area is 129 Å². The molecule has 1 saturated carbocycles. The summed E-state index contributed by atoms with van der Waals surface area (Å²) in [6.45, 7) is 1.80. The van der Waals surface area contributed by atoms with Crippen LogP contribution in [0.15, 0.2) is 22.7 Å². The van der Waals surface area contributed by atoms with Crippen LogP contribution in [0.3, 0.4) is 0 Å². The number of hydrogen-bond donors (Lipinski definition) is 2. The molecule has 7 heteroatoms. The summed E-state index contributed by atoms with van der Waals surface area (Å²) in [5.41, 5.74) is 3.24. The van der Waals surface area contributed by atoms with Gasteiger partial charge in [0.15, 0.2) is 5.82 Å². The van der Waals surface area contributed by atoms with Crippen molar-refractivity contribution >= 4 is 21.7 Å². The normalized spacial score (nSPS) is 14.1. The highest BCUT2D eigenvalue weighted by atomic mass is 79.9. The van der Waals surface area contributed by atoms with Gasteiger partial charge in [0.1, 0.15) is 17.4 Å². The first-order chi connectivity index (χ1) is 10.1. The van der Waals surface area contributed by atoms with Gasteiger partial charge >= 0.3 is 0 Å². The first kappa shape index (κ1) is 14.2. The molecule has 1 aromatic carbocycles. The lowest BCUT2D eigenvalue weighted by molar-refractivity contribution is 0.450. The maximum absolute atomic E-state index is 13.6. The number of nitrogens with two attached hydrogens (primary N) is 1. The molecule has 0 saturated heterocycles. The summed E-state index contributed by atoms with van der Waals surface area (Å²) >= 11 is 3.11. The van der Waals surface area contributed by atoms with Gasteiger partial charge < -0.3 is 10.2 Å². The number of hydrazine groups is 1. The van der Waals surface area contributed by atoms with Crippen LogP contribution in [0.2, 0.25) is 0 Å². The van der Waals surface area contributed by atoms with Crippen LogP contribution in [0.4, 0.5) is 10.2 Å². The van der Waals surface area contributed by atoms with Gasteiger partial charge in [-0.3, -0.25) is 0 Å². The number of halogens is 2. The lowest BCUT2D eigenvalue weighted by atomic mass is 10.3. The predicted molar refractivity (Wildman–Crippen MR) is 80.7 cm³/mol. The molecule has 3 N–H and O–H groups in total. The van der Waals surface area contributed by atoms with E-state index in [2.05, 4.69) is 31.3 Å². The van der Waals surface area contributed by atoms with Crippen LogP contribution in [0.5, 0.6) is 11.6 Å². The van der Waals surface area contributed by atoms with Crippen molar-refractivity contribution in [2.45, 2.75) is 25.7 Å². The number of nitrogens with zero attached hydrogens (tertiary/aromatic N) is 2. The van der Waals surface area contributed by atoms with Crippen molar-refractivity contribution in [2.24, 2.45) is 5.84 Å². The quantitative estimate of drug-likeness (QED) is 0.649. The van der Waals surface area contributed by atoms with Crippen LogP contribution in [0.25, 0.3) is 0 Å². The molecule has 0 aliphatic heterocycles. The third-order valence-electron chi connectivity index (χ3n) is 3.30. The Hall–Kier alpha value is -1.73. The lowest BCUT2D eigenvalue weighted by Crippen LogP contribution is -2.13. The summed E-state index contributed by atoms with van der Waals surface area (Å²) in [4.78, 5) is 8.81. The fraction of sp³-hybridized carbons (Fsp3) is 0.286. The van der Waals surface area contributed by atoms with Crippen LogP contribution in [-0.2, 0) is 0 Å². The molecule has 1 aliphatic carbocycles. The molecule has 21 heavy (non-hydrogen) atoms. The summed E-state index contributed by atoms with van der Waals surface area (Å²) in [6, 6.07) is 4.56. The fourth-order valence-electron chi connectivity index (χ4n) is 1.93. The van der Waals surface area contributed by atoms with Crippen LogP contribution >= 0.6 is 15.9 Å². The first-order valence-electron chi connectivity index (χ1n) is 6.56. The van der Waals surface area contributed by atoms with E-state index in [1.54, 1.807) is 19.1 Å².